The molecule has 5 heteroatoms. The number of benzene rings is 1. The number of fused-ring (bicyclic) bond motifs is 1. The fourth-order valence-corrected chi connectivity index (χ4v) is 2.77. The molecule has 0 radical (unpaired) electrons. The van der Waals surface area contributed by atoms with E-state index in [9.17, 15) is 9.90 Å². The van der Waals surface area contributed by atoms with Crippen molar-refractivity contribution < 1.29 is 9.90 Å². The van der Waals surface area contributed by atoms with E-state index in [2.05, 4.69) is 26.6 Å². The summed E-state index contributed by atoms with van der Waals surface area (Å²) in [5.41, 5.74) is 0.503. The van der Waals surface area contributed by atoms with Gasteiger partial charge in [-0.1, -0.05) is 0 Å². The lowest BCUT2D eigenvalue weighted by atomic mass is 10.2. The quantitative estimate of drug-likeness (QED) is 0.766. The zero-order valence-corrected chi connectivity index (χ0v) is 10.7. The lowest BCUT2D eigenvalue weighted by molar-refractivity contribution is 0.0946. The molecule has 1 aliphatic heterocycles. The highest BCUT2D eigenvalue weighted by atomic mass is 79.9. The largest absolute Gasteiger partial charge is 0.507 e. The number of nitrogens with one attached hydrogen (secondary N) is 2. The fraction of sp³-hybridized carbons (Fsp3) is 0.417. The normalized spacial score (nSPS) is 29.8. The van der Waals surface area contributed by atoms with Crippen molar-refractivity contribution in [3.05, 3.63) is 28.2 Å². The second kappa shape index (κ2) is 3.99. The van der Waals surface area contributed by atoms with Crippen LogP contribution in [-0.2, 0) is 0 Å². The van der Waals surface area contributed by atoms with Gasteiger partial charge in [0.25, 0.3) is 5.91 Å². The second-order valence-corrected chi connectivity index (χ2v) is 5.51. The number of phenols is 1. The smallest absolute Gasteiger partial charge is 0.251 e. The summed E-state index contributed by atoms with van der Waals surface area (Å²) in [5, 5.41) is 15.8. The molecule has 1 aromatic carbocycles. The van der Waals surface area contributed by atoms with Crippen LogP contribution in [0.3, 0.4) is 0 Å². The molecule has 3 N–H and O–H groups in total. The van der Waals surface area contributed by atoms with Crippen molar-refractivity contribution in [2.24, 2.45) is 11.8 Å². The number of rotatable bonds is 2. The van der Waals surface area contributed by atoms with Crippen LogP contribution < -0.4 is 10.6 Å². The SMILES string of the molecule is O=C(NC1C2CNCC21)c1ccc(Br)c(O)c1. The predicted octanol–water partition coefficient (Wildman–Crippen LogP) is 1.10. The number of hydrogen-bond donors (Lipinski definition) is 3. The van der Waals surface area contributed by atoms with Gasteiger partial charge in [0.1, 0.15) is 5.75 Å². The first-order chi connectivity index (χ1) is 8.16. The van der Waals surface area contributed by atoms with Crippen LogP contribution >= 0.6 is 15.9 Å². The van der Waals surface area contributed by atoms with Crippen LogP contribution in [0.2, 0.25) is 0 Å². The molecule has 4 nitrogen and oxygen atoms in total. The Kier molecular flexibility index (Phi) is 2.60. The zero-order chi connectivity index (χ0) is 12.0. The van der Waals surface area contributed by atoms with Crippen molar-refractivity contribution in [2.45, 2.75) is 6.04 Å². The highest BCUT2D eigenvalue weighted by Crippen LogP contribution is 2.41. The van der Waals surface area contributed by atoms with E-state index in [0.29, 0.717) is 27.9 Å². The summed E-state index contributed by atoms with van der Waals surface area (Å²) in [4.78, 5) is 11.9. The summed E-state index contributed by atoms with van der Waals surface area (Å²) in [6.07, 6.45) is 0. The van der Waals surface area contributed by atoms with Gasteiger partial charge in [0.2, 0.25) is 0 Å². The van der Waals surface area contributed by atoms with Gasteiger partial charge in [-0.15, -0.1) is 0 Å². The Bertz CT molecular complexity index is 468. The van der Waals surface area contributed by atoms with Crippen LogP contribution in [0.4, 0.5) is 0 Å². The third kappa shape index (κ3) is 1.93. The van der Waals surface area contributed by atoms with Gasteiger partial charge in [-0.2, -0.15) is 0 Å². The minimum absolute atomic E-state index is 0.0929. The highest BCUT2D eigenvalue weighted by molar-refractivity contribution is 9.10. The topological polar surface area (TPSA) is 61.4 Å². The minimum Gasteiger partial charge on any atom is -0.507 e. The lowest BCUT2D eigenvalue weighted by Crippen LogP contribution is -2.32. The molecule has 2 atom stereocenters. The molecule has 1 aromatic rings. The molecule has 0 aromatic heterocycles. The third-order valence-electron chi connectivity index (χ3n) is 3.60. The van der Waals surface area contributed by atoms with E-state index in [4.69, 9.17) is 0 Å². The van der Waals surface area contributed by atoms with Crippen LogP contribution in [0.5, 0.6) is 5.75 Å². The zero-order valence-electron chi connectivity index (χ0n) is 9.11. The molecule has 1 amide bonds. The van der Waals surface area contributed by atoms with Crippen molar-refractivity contribution in [2.75, 3.05) is 13.1 Å². The number of hydrogen-bond acceptors (Lipinski definition) is 3. The standard InChI is InChI=1S/C12H13BrN2O2/c13-9-2-1-6(3-10(9)16)12(17)15-11-7-4-14-5-8(7)11/h1-3,7-8,11,14,16H,4-5H2,(H,15,17). The molecule has 17 heavy (non-hydrogen) atoms. The Balaban J connectivity index is 1.68. The average molecular weight is 297 g/mol. The molecule has 1 saturated carbocycles. The Labute approximate surface area is 108 Å². The van der Waals surface area contributed by atoms with Crippen LogP contribution in [-0.4, -0.2) is 30.1 Å². The maximum atomic E-state index is 11.9. The molecule has 2 aliphatic rings. The van der Waals surface area contributed by atoms with E-state index in [1.54, 1.807) is 12.1 Å². The van der Waals surface area contributed by atoms with Gasteiger partial charge in [0, 0.05) is 24.7 Å². The van der Waals surface area contributed by atoms with E-state index in [-0.39, 0.29) is 11.7 Å². The maximum absolute atomic E-state index is 11.9. The van der Waals surface area contributed by atoms with Crippen molar-refractivity contribution in [1.29, 1.82) is 0 Å². The number of phenolic OH excluding ortho intramolecular Hbond substituents is 1. The van der Waals surface area contributed by atoms with Crippen LogP contribution in [0.1, 0.15) is 10.4 Å². The van der Waals surface area contributed by atoms with Gasteiger partial charge in [0.05, 0.1) is 4.47 Å². The average Bonchev–Trinajstić information content (AvgIpc) is 2.76. The maximum Gasteiger partial charge on any atom is 0.251 e. The molecule has 0 bridgehead atoms. The Morgan fingerprint density at radius 2 is 2.12 bits per heavy atom. The summed E-state index contributed by atoms with van der Waals surface area (Å²) in [7, 11) is 0. The monoisotopic (exact) mass is 296 g/mol. The van der Waals surface area contributed by atoms with Gasteiger partial charge < -0.3 is 15.7 Å². The van der Waals surface area contributed by atoms with E-state index in [1.165, 1.54) is 6.07 Å². The Hall–Kier alpha value is -1.07. The molecule has 2 unspecified atom stereocenters. The first kappa shape index (κ1) is 11.0. The summed E-state index contributed by atoms with van der Waals surface area (Å²) in [5.74, 6) is 1.19. The van der Waals surface area contributed by atoms with Crippen LogP contribution in [0.25, 0.3) is 0 Å². The van der Waals surface area contributed by atoms with Gasteiger partial charge >= 0.3 is 0 Å². The number of carbonyl (C=O) groups is 1. The second-order valence-electron chi connectivity index (χ2n) is 4.65. The molecule has 1 saturated heterocycles. The van der Waals surface area contributed by atoms with E-state index in [0.717, 1.165) is 13.1 Å². The molecule has 90 valence electrons. The van der Waals surface area contributed by atoms with Gasteiger partial charge in [-0.25, -0.2) is 0 Å². The van der Waals surface area contributed by atoms with Crippen LogP contribution in [0.15, 0.2) is 22.7 Å². The number of amides is 1. The fourth-order valence-electron chi connectivity index (χ4n) is 2.52. The molecular formula is C12H13BrN2O2. The first-order valence-corrected chi connectivity index (χ1v) is 6.46. The number of aromatic hydroxyl groups is 1. The summed E-state index contributed by atoms with van der Waals surface area (Å²) in [6, 6.07) is 5.18. The summed E-state index contributed by atoms with van der Waals surface area (Å²) >= 11 is 3.19. The summed E-state index contributed by atoms with van der Waals surface area (Å²) in [6.45, 7) is 2.00. The van der Waals surface area contributed by atoms with Crippen molar-refractivity contribution in [3.8, 4) is 5.75 Å². The Morgan fingerprint density at radius 3 is 2.76 bits per heavy atom. The number of carbonyl (C=O) groups excluding carboxylic acids is 1. The number of piperidine rings is 1. The van der Waals surface area contributed by atoms with Gasteiger partial charge in [0.15, 0.2) is 0 Å². The molecule has 1 heterocycles. The van der Waals surface area contributed by atoms with Crippen molar-refractivity contribution >= 4 is 21.8 Å². The van der Waals surface area contributed by atoms with Crippen LogP contribution in [0, 0.1) is 11.8 Å². The predicted molar refractivity (Wildman–Crippen MR) is 66.9 cm³/mol. The number of halogens is 1. The molecule has 1 aliphatic carbocycles. The highest BCUT2D eigenvalue weighted by Gasteiger charge is 2.53. The molecule has 3 rings (SSSR count). The van der Waals surface area contributed by atoms with E-state index in [1.807, 2.05) is 0 Å². The lowest BCUT2D eigenvalue weighted by Gasteiger charge is -2.08. The Morgan fingerprint density at radius 1 is 1.41 bits per heavy atom. The summed E-state index contributed by atoms with van der Waals surface area (Å²) < 4.78 is 0.599. The van der Waals surface area contributed by atoms with Crippen molar-refractivity contribution in [1.82, 2.24) is 10.6 Å². The third-order valence-corrected chi connectivity index (χ3v) is 4.27. The first-order valence-electron chi connectivity index (χ1n) is 5.67. The van der Waals surface area contributed by atoms with E-state index < -0.39 is 0 Å². The molecule has 2 fully saturated rings. The molecular weight excluding hydrogens is 284 g/mol. The van der Waals surface area contributed by atoms with Gasteiger partial charge in [-0.3, -0.25) is 4.79 Å². The minimum atomic E-state index is -0.104. The van der Waals surface area contributed by atoms with E-state index >= 15 is 0 Å². The van der Waals surface area contributed by atoms with Gasteiger partial charge in [-0.05, 0) is 46.0 Å². The molecule has 0 spiro atoms. The van der Waals surface area contributed by atoms with Crippen molar-refractivity contribution in [3.63, 3.8) is 0 Å².